The Labute approximate surface area is 129 Å². The summed E-state index contributed by atoms with van der Waals surface area (Å²) in [6, 6.07) is 0.673. The number of ether oxygens (including phenoxy) is 1. The van der Waals surface area contributed by atoms with E-state index in [1.807, 2.05) is 0 Å². The molecule has 21 heavy (non-hydrogen) atoms. The number of hydrogen-bond donors (Lipinski definition) is 1. The molecule has 0 aromatic carbocycles. The first-order valence-corrected chi connectivity index (χ1v) is 8.39. The van der Waals surface area contributed by atoms with Crippen molar-refractivity contribution in [2.75, 3.05) is 53.0 Å². The Morgan fingerprint density at radius 1 is 1.43 bits per heavy atom. The molecule has 0 aromatic heterocycles. The second kappa shape index (κ2) is 7.45. The summed E-state index contributed by atoms with van der Waals surface area (Å²) < 4.78 is 5.32. The van der Waals surface area contributed by atoms with Crippen LogP contribution in [0.1, 0.15) is 33.6 Å². The average Bonchev–Trinajstić information content (AvgIpc) is 2.88. The van der Waals surface area contributed by atoms with Gasteiger partial charge in [-0.1, -0.05) is 13.8 Å². The fourth-order valence-electron chi connectivity index (χ4n) is 3.20. The Kier molecular flexibility index (Phi) is 5.88. The number of aliphatic imine (C=N–C) groups is 1. The van der Waals surface area contributed by atoms with Crippen LogP contribution < -0.4 is 5.32 Å². The van der Waals surface area contributed by atoms with Crippen molar-refractivity contribution < 1.29 is 4.74 Å². The molecule has 122 valence electrons. The molecule has 0 amide bonds. The molecule has 0 spiro atoms. The molecule has 5 nitrogen and oxygen atoms in total. The van der Waals surface area contributed by atoms with E-state index in [1.165, 1.54) is 19.4 Å². The Morgan fingerprint density at radius 3 is 2.76 bits per heavy atom. The smallest absolute Gasteiger partial charge is 0.193 e. The van der Waals surface area contributed by atoms with E-state index in [-0.39, 0.29) is 5.41 Å². The SMILES string of the molecule is CCNC(=NCC1(C)COC1)N(C)CC1CCCN1CC. The molecule has 1 unspecified atom stereocenters. The predicted octanol–water partition coefficient (Wildman–Crippen LogP) is 1.40. The van der Waals surface area contributed by atoms with Gasteiger partial charge in [0.2, 0.25) is 0 Å². The summed E-state index contributed by atoms with van der Waals surface area (Å²) in [4.78, 5) is 9.71. The quantitative estimate of drug-likeness (QED) is 0.594. The zero-order valence-corrected chi connectivity index (χ0v) is 14.2. The van der Waals surface area contributed by atoms with Gasteiger partial charge in [-0.15, -0.1) is 0 Å². The minimum absolute atomic E-state index is 0.240. The van der Waals surface area contributed by atoms with Gasteiger partial charge in [-0.3, -0.25) is 9.89 Å². The third-order valence-electron chi connectivity index (χ3n) is 4.60. The topological polar surface area (TPSA) is 40.1 Å². The van der Waals surface area contributed by atoms with E-state index in [0.717, 1.165) is 45.4 Å². The van der Waals surface area contributed by atoms with Crippen LogP contribution in [-0.4, -0.2) is 74.8 Å². The lowest BCUT2D eigenvalue weighted by atomic mass is 9.89. The fourth-order valence-corrected chi connectivity index (χ4v) is 3.20. The van der Waals surface area contributed by atoms with E-state index in [4.69, 9.17) is 9.73 Å². The Morgan fingerprint density at radius 2 is 2.19 bits per heavy atom. The lowest BCUT2D eigenvalue weighted by molar-refractivity contribution is -0.0946. The molecule has 0 aliphatic carbocycles. The standard InChI is InChI=1S/C16H32N4O/c1-5-17-15(18-11-16(3)12-21-13-16)19(4)10-14-8-7-9-20(14)6-2/h14H,5-13H2,1-4H3,(H,17,18). The van der Waals surface area contributed by atoms with Gasteiger partial charge in [0.15, 0.2) is 5.96 Å². The van der Waals surface area contributed by atoms with Gasteiger partial charge in [-0.05, 0) is 32.9 Å². The molecule has 0 saturated carbocycles. The molecule has 0 aromatic rings. The van der Waals surface area contributed by atoms with Gasteiger partial charge < -0.3 is 15.0 Å². The van der Waals surface area contributed by atoms with Crippen molar-refractivity contribution in [3.05, 3.63) is 0 Å². The third kappa shape index (κ3) is 4.33. The highest BCUT2D eigenvalue weighted by atomic mass is 16.5. The third-order valence-corrected chi connectivity index (χ3v) is 4.60. The summed E-state index contributed by atoms with van der Waals surface area (Å²) in [6.07, 6.45) is 2.64. The van der Waals surface area contributed by atoms with Crippen LogP contribution >= 0.6 is 0 Å². The molecule has 5 heteroatoms. The number of likely N-dealkylation sites (N-methyl/N-ethyl adjacent to an activating group) is 2. The van der Waals surface area contributed by atoms with Gasteiger partial charge in [-0.25, -0.2) is 0 Å². The zero-order chi connectivity index (χ0) is 15.3. The van der Waals surface area contributed by atoms with Crippen LogP contribution in [0.15, 0.2) is 4.99 Å². The predicted molar refractivity (Wildman–Crippen MR) is 87.8 cm³/mol. The van der Waals surface area contributed by atoms with Gasteiger partial charge in [0.05, 0.1) is 19.8 Å². The van der Waals surface area contributed by atoms with Crippen molar-refractivity contribution in [2.24, 2.45) is 10.4 Å². The van der Waals surface area contributed by atoms with Crippen LogP contribution in [0.3, 0.4) is 0 Å². The van der Waals surface area contributed by atoms with Crippen LogP contribution in [0.25, 0.3) is 0 Å². The number of likely N-dealkylation sites (tertiary alicyclic amines) is 1. The first kappa shape index (κ1) is 16.6. The van der Waals surface area contributed by atoms with Gasteiger partial charge in [0, 0.05) is 31.6 Å². The summed E-state index contributed by atoms with van der Waals surface area (Å²) in [5.74, 6) is 1.04. The molecule has 0 radical (unpaired) electrons. The Balaban J connectivity index is 1.91. The molecule has 2 aliphatic rings. The lowest BCUT2D eigenvalue weighted by Gasteiger charge is -2.37. The van der Waals surface area contributed by atoms with Crippen LogP contribution in [0.4, 0.5) is 0 Å². The average molecular weight is 296 g/mol. The van der Waals surface area contributed by atoms with E-state index in [1.54, 1.807) is 0 Å². The second-order valence-corrected chi connectivity index (χ2v) is 6.78. The fraction of sp³-hybridized carbons (Fsp3) is 0.938. The number of guanidine groups is 1. The monoisotopic (exact) mass is 296 g/mol. The molecule has 2 fully saturated rings. The van der Waals surface area contributed by atoms with Gasteiger partial charge in [0.25, 0.3) is 0 Å². The molecule has 0 bridgehead atoms. The molecule has 1 N–H and O–H groups in total. The zero-order valence-electron chi connectivity index (χ0n) is 14.2. The van der Waals surface area contributed by atoms with E-state index in [9.17, 15) is 0 Å². The van der Waals surface area contributed by atoms with Crippen LogP contribution in [-0.2, 0) is 4.74 Å². The lowest BCUT2D eigenvalue weighted by Crippen LogP contribution is -2.47. The van der Waals surface area contributed by atoms with Crippen LogP contribution in [0, 0.1) is 5.41 Å². The highest BCUT2D eigenvalue weighted by Gasteiger charge is 2.33. The summed E-state index contributed by atoms with van der Waals surface area (Å²) in [5.41, 5.74) is 0.240. The Bertz CT molecular complexity index is 354. The number of rotatable bonds is 6. The van der Waals surface area contributed by atoms with Crippen LogP contribution in [0.5, 0.6) is 0 Å². The minimum Gasteiger partial charge on any atom is -0.380 e. The van der Waals surface area contributed by atoms with Crippen molar-refractivity contribution in [2.45, 2.75) is 39.7 Å². The maximum atomic E-state index is 5.32. The van der Waals surface area contributed by atoms with Crippen molar-refractivity contribution in [3.8, 4) is 0 Å². The van der Waals surface area contributed by atoms with Crippen molar-refractivity contribution >= 4 is 5.96 Å². The van der Waals surface area contributed by atoms with Gasteiger partial charge in [-0.2, -0.15) is 0 Å². The number of nitrogens with zero attached hydrogens (tertiary/aromatic N) is 3. The molecular weight excluding hydrogens is 264 g/mol. The molecule has 1 atom stereocenters. The summed E-state index contributed by atoms with van der Waals surface area (Å²) in [6.45, 7) is 13.5. The van der Waals surface area contributed by atoms with E-state index in [0.29, 0.717) is 6.04 Å². The number of hydrogen-bond acceptors (Lipinski definition) is 3. The highest BCUT2D eigenvalue weighted by molar-refractivity contribution is 5.79. The van der Waals surface area contributed by atoms with Gasteiger partial charge >= 0.3 is 0 Å². The summed E-state index contributed by atoms with van der Waals surface area (Å²) in [7, 11) is 2.16. The first-order chi connectivity index (χ1) is 10.1. The molecule has 2 aliphatic heterocycles. The summed E-state index contributed by atoms with van der Waals surface area (Å²) >= 11 is 0. The molecule has 2 heterocycles. The Hall–Kier alpha value is -0.810. The summed E-state index contributed by atoms with van der Waals surface area (Å²) in [5, 5.41) is 3.43. The number of nitrogens with one attached hydrogen (secondary N) is 1. The van der Waals surface area contributed by atoms with Gasteiger partial charge in [0.1, 0.15) is 0 Å². The van der Waals surface area contributed by atoms with E-state index in [2.05, 4.69) is 42.9 Å². The highest BCUT2D eigenvalue weighted by Crippen LogP contribution is 2.26. The minimum atomic E-state index is 0.240. The maximum Gasteiger partial charge on any atom is 0.193 e. The van der Waals surface area contributed by atoms with Crippen molar-refractivity contribution in [1.29, 1.82) is 0 Å². The van der Waals surface area contributed by atoms with E-state index < -0.39 is 0 Å². The largest absolute Gasteiger partial charge is 0.380 e. The molecule has 2 saturated heterocycles. The van der Waals surface area contributed by atoms with Crippen LogP contribution in [0.2, 0.25) is 0 Å². The van der Waals surface area contributed by atoms with E-state index >= 15 is 0 Å². The molecular formula is C16H32N4O. The molecule has 2 rings (SSSR count). The first-order valence-electron chi connectivity index (χ1n) is 8.39. The van der Waals surface area contributed by atoms with Crippen molar-refractivity contribution in [3.63, 3.8) is 0 Å². The normalized spacial score (nSPS) is 25.7. The maximum absolute atomic E-state index is 5.32. The van der Waals surface area contributed by atoms with Crippen molar-refractivity contribution in [1.82, 2.24) is 15.1 Å². The second-order valence-electron chi connectivity index (χ2n) is 6.78.